The first-order valence-corrected chi connectivity index (χ1v) is 5.95. The van der Waals surface area contributed by atoms with E-state index in [2.05, 4.69) is 17.3 Å². The van der Waals surface area contributed by atoms with E-state index in [1.807, 2.05) is 18.8 Å². The van der Waals surface area contributed by atoms with Crippen molar-refractivity contribution in [3.8, 4) is 5.75 Å². The summed E-state index contributed by atoms with van der Waals surface area (Å²) >= 11 is 0. The van der Waals surface area contributed by atoms with Gasteiger partial charge >= 0.3 is 0 Å². The first-order chi connectivity index (χ1) is 7.72. The van der Waals surface area contributed by atoms with Gasteiger partial charge in [-0.05, 0) is 26.3 Å². The highest BCUT2D eigenvalue weighted by Crippen LogP contribution is 2.19. The standard InChI is InChI=1S/C12H23N3O/c1-5-6-10(13-2)7-8-11-12(16-4)9-14-15(11)3/h9-10,13H,5-8H2,1-4H3. The highest BCUT2D eigenvalue weighted by Gasteiger charge is 2.11. The topological polar surface area (TPSA) is 39.1 Å². The Labute approximate surface area is 98.0 Å². The molecule has 0 bridgehead atoms. The minimum atomic E-state index is 0.588. The fourth-order valence-electron chi connectivity index (χ4n) is 1.99. The summed E-state index contributed by atoms with van der Waals surface area (Å²) in [5.41, 5.74) is 1.18. The van der Waals surface area contributed by atoms with Gasteiger partial charge in [0.25, 0.3) is 0 Å². The smallest absolute Gasteiger partial charge is 0.159 e. The molecule has 0 spiro atoms. The number of methoxy groups -OCH3 is 1. The van der Waals surface area contributed by atoms with Crippen LogP contribution < -0.4 is 10.1 Å². The van der Waals surface area contributed by atoms with E-state index in [9.17, 15) is 0 Å². The lowest BCUT2D eigenvalue weighted by atomic mass is 10.0. The van der Waals surface area contributed by atoms with Crippen LogP contribution in [0.5, 0.6) is 5.75 Å². The van der Waals surface area contributed by atoms with E-state index >= 15 is 0 Å². The quantitative estimate of drug-likeness (QED) is 0.768. The van der Waals surface area contributed by atoms with Crippen molar-refractivity contribution in [3.05, 3.63) is 11.9 Å². The monoisotopic (exact) mass is 225 g/mol. The van der Waals surface area contributed by atoms with Crippen molar-refractivity contribution in [1.29, 1.82) is 0 Å². The van der Waals surface area contributed by atoms with Crippen molar-refractivity contribution >= 4 is 0 Å². The largest absolute Gasteiger partial charge is 0.493 e. The molecular formula is C12H23N3O. The molecular weight excluding hydrogens is 202 g/mol. The van der Waals surface area contributed by atoms with Crippen LogP contribution in [0.1, 0.15) is 31.9 Å². The highest BCUT2D eigenvalue weighted by molar-refractivity contribution is 5.25. The number of aryl methyl sites for hydroxylation is 1. The zero-order valence-electron chi connectivity index (χ0n) is 10.8. The Bertz CT molecular complexity index is 309. The number of aromatic nitrogens is 2. The SMILES string of the molecule is CCCC(CCc1c(OC)cnn1C)NC. The minimum absolute atomic E-state index is 0.588. The number of ether oxygens (including phenoxy) is 1. The van der Waals surface area contributed by atoms with Gasteiger partial charge in [0.05, 0.1) is 19.0 Å². The third kappa shape index (κ3) is 3.23. The van der Waals surface area contributed by atoms with Crippen LogP contribution in [0.3, 0.4) is 0 Å². The molecule has 0 aliphatic heterocycles. The Morgan fingerprint density at radius 1 is 1.50 bits per heavy atom. The third-order valence-electron chi connectivity index (χ3n) is 3.02. The Kier molecular flexibility index (Phi) is 5.32. The van der Waals surface area contributed by atoms with Gasteiger partial charge in [0, 0.05) is 13.1 Å². The molecule has 4 nitrogen and oxygen atoms in total. The summed E-state index contributed by atoms with van der Waals surface area (Å²) in [4.78, 5) is 0. The van der Waals surface area contributed by atoms with Gasteiger partial charge in [-0.1, -0.05) is 13.3 Å². The molecule has 1 aromatic heterocycles. The van der Waals surface area contributed by atoms with Crippen LogP contribution in [0.25, 0.3) is 0 Å². The molecule has 0 aliphatic carbocycles. The van der Waals surface area contributed by atoms with Crippen LogP contribution in [0.2, 0.25) is 0 Å². The highest BCUT2D eigenvalue weighted by atomic mass is 16.5. The van der Waals surface area contributed by atoms with E-state index < -0.39 is 0 Å². The summed E-state index contributed by atoms with van der Waals surface area (Å²) in [6.07, 6.45) is 6.35. The Morgan fingerprint density at radius 2 is 2.25 bits per heavy atom. The van der Waals surface area contributed by atoms with Crippen LogP contribution >= 0.6 is 0 Å². The zero-order valence-corrected chi connectivity index (χ0v) is 10.8. The molecule has 0 amide bonds. The Hall–Kier alpha value is -1.03. The fraction of sp³-hybridized carbons (Fsp3) is 0.750. The second-order valence-electron chi connectivity index (χ2n) is 4.10. The number of nitrogens with zero attached hydrogens (tertiary/aromatic N) is 2. The average molecular weight is 225 g/mol. The van der Waals surface area contributed by atoms with Crippen molar-refractivity contribution in [2.24, 2.45) is 7.05 Å². The molecule has 0 fully saturated rings. The predicted molar refractivity (Wildman–Crippen MR) is 65.8 cm³/mol. The van der Waals surface area contributed by atoms with Crippen LogP contribution in [0.15, 0.2) is 6.20 Å². The molecule has 0 saturated carbocycles. The lowest BCUT2D eigenvalue weighted by molar-refractivity contribution is 0.403. The van der Waals surface area contributed by atoms with Gasteiger partial charge in [0.2, 0.25) is 0 Å². The molecule has 0 radical (unpaired) electrons. The summed E-state index contributed by atoms with van der Waals surface area (Å²) in [6.45, 7) is 2.22. The molecule has 1 rings (SSSR count). The molecule has 4 heteroatoms. The molecule has 1 heterocycles. The fourth-order valence-corrected chi connectivity index (χ4v) is 1.99. The van der Waals surface area contributed by atoms with E-state index in [0.717, 1.165) is 18.6 Å². The predicted octanol–water partition coefficient (Wildman–Crippen LogP) is 1.75. The first-order valence-electron chi connectivity index (χ1n) is 5.95. The summed E-state index contributed by atoms with van der Waals surface area (Å²) < 4.78 is 7.19. The Balaban J connectivity index is 2.55. The first kappa shape index (κ1) is 13.0. The van der Waals surface area contributed by atoms with Gasteiger partial charge < -0.3 is 10.1 Å². The number of hydrogen-bond donors (Lipinski definition) is 1. The van der Waals surface area contributed by atoms with Crippen molar-refractivity contribution in [2.45, 2.75) is 38.6 Å². The van der Waals surface area contributed by atoms with Gasteiger partial charge in [0.15, 0.2) is 5.75 Å². The lowest BCUT2D eigenvalue weighted by Gasteiger charge is -2.15. The van der Waals surface area contributed by atoms with Crippen LogP contribution in [-0.2, 0) is 13.5 Å². The van der Waals surface area contributed by atoms with Crippen molar-refractivity contribution in [1.82, 2.24) is 15.1 Å². The van der Waals surface area contributed by atoms with E-state index in [4.69, 9.17) is 4.74 Å². The third-order valence-corrected chi connectivity index (χ3v) is 3.02. The minimum Gasteiger partial charge on any atom is -0.493 e. The van der Waals surface area contributed by atoms with Gasteiger partial charge in [-0.15, -0.1) is 0 Å². The molecule has 1 aromatic rings. The second-order valence-corrected chi connectivity index (χ2v) is 4.10. The number of rotatable bonds is 7. The maximum Gasteiger partial charge on any atom is 0.159 e. The van der Waals surface area contributed by atoms with E-state index in [-0.39, 0.29) is 0 Å². The molecule has 1 N–H and O–H groups in total. The molecule has 0 aromatic carbocycles. The van der Waals surface area contributed by atoms with E-state index in [1.54, 1.807) is 13.3 Å². The van der Waals surface area contributed by atoms with Gasteiger partial charge in [-0.2, -0.15) is 5.10 Å². The van der Waals surface area contributed by atoms with Crippen molar-refractivity contribution in [3.63, 3.8) is 0 Å². The van der Waals surface area contributed by atoms with Gasteiger partial charge in [-0.25, -0.2) is 0 Å². The van der Waals surface area contributed by atoms with Gasteiger partial charge in [-0.3, -0.25) is 4.68 Å². The van der Waals surface area contributed by atoms with Crippen molar-refractivity contribution in [2.75, 3.05) is 14.2 Å². The van der Waals surface area contributed by atoms with Crippen LogP contribution in [-0.4, -0.2) is 30.0 Å². The second kappa shape index (κ2) is 6.53. The molecule has 0 saturated heterocycles. The van der Waals surface area contributed by atoms with E-state index in [0.29, 0.717) is 6.04 Å². The average Bonchev–Trinajstić information content (AvgIpc) is 2.65. The van der Waals surface area contributed by atoms with Gasteiger partial charge in [0.1, 0.15) is 0 Å². The number of nitrogens with one attached hydrogen (secondary N) is 1. The molecule has 0 aliphatic rings. The van der Waals surface area contributed by atoms with Crippen LogP contribution in [0.4, 0.5) is 0 Å². The molecule has 1 unspecified atom stereocenters. The summed E-state index contributed by atoms with van der Waals surface area (Å²) in [5, 5.41) is 7.56. The van der Waals surface area contributed by atoms with E-state index in [1.165, 1.54) is 18.5 Å². The Morgan fingerprint density at radius 3 is 2.81 bits per heavy atom. The normalized spacial score (nSPS) is 12.8. The summed E-state index contributed by atoms with van der Waals surface area (Å²) in [7, 11) is 5.69. The summed E-state index contributed by atoms with van der Waals surface area (Å²) in [6, 6.07) is 0.588. The molecule has 1 atom stereocenters. The molecule has 92 valence electrons. The van der Waals surface area contributed by atoms with Crippen LogP contribution in [0, 0.1) is 0 Å². The maximum absolute atomic E-state index is 5.29. The number of hydrogen-bond acceptors (Lipinski definition) is 3. The summed E-state index contributed by atoms with van der Waals surface area (Å²) in [5.74, 6) is 0.897. The molecule has 16 heavy (non-hydrogen) atoms. The van der Waals surface area contributed by atoms with Crippen molar-refractivity contribution < 1.29 is 4.74 Å². The maximum atomic E-state index is 5.29. The zero-order chi connectivity index (χ0) is 12.0. The lowest BCUT2D eigenvalue weighted by Crippen LogP contribution is -2.25.